The third-order valence-corrected chi connectivity index (χ3v) is 3.20. The third-order valence-electron chi connectivity index (χ3n) is 3.20. The maximum absolute atomic E-state index is 5.43. The van der Waals surface area contributed by atoms with E-state index < -0.39 is 0 Å². The van der Waals surface area contributed by atoms with Crippen LogP contribution in [-0.4, -0.2) is 18.6 Å². The van der Waals surface area contributed by atoms with E-state index in [0.717, 1.165) is 37.4 Å². The van der Waals surface area contributed by atoms with Crippen molar-refractivity contribution in [2.75, 3.05) is 13.7 Å². The molecule has 0 saturated carbocycles. The van der Waals surface area contributed by atoms with Gasteiger partial charge in [-0.25, -0.2) is 0 Å². The van der Waals surface area contributed by atoms with E-state index in [-0.39, 0.29) is 0 Å². The first-order valence-corrected chi connectivity index (χ1v) is 7.10. The molecule has 1 aromatic heterocycles. The molecule has 0 aliphatic carbocycles. The average Bonchev–Trinajstić information content (AvgIpc) is 2.49. The first-order chi connectivity index (χ1) is 9.83. The lowest BCUT2D eigenvalue weighted by molar-refractivity contribution is 0.407. The largest absolute Gasteiger partial charge is 0.496 e. The van der Waals surface area contributed by atoms with Crippen molar-refractivity contribution in [3.05, 3.63) is 59.4 Å². The van der Waals surface area contributed by atoms with Gasteiger partial charge in [0.25, 0.3) is 0 Å². The molecule has 0 aliphatic heterocycles. The molecule has 0 unspecified atom stereocenters. The highest BCUT2D eigenvalue weighted by atomic mass is 16.5. The van der Waals surface area contributed by atoms with Crippen molar-refractivity contribution in [3.8, 4) is 5.75 Å². The van der Waals surface area contributed by atoms with Crippen molar-refractivity contribution in [1.29, 1.82) is 0 Å². The minimum Gasteiger partial charge on any atom is -0.496 e. The highest BCUT2D eigenvalue weighted by Crippen LogP contribution is 2.21. The molecule has 3 heteroatoms. The van der Waals surface area contributed by atoms with Crippen LogP contribution in [0.25, 0.3) is 0 Å². The van der Waals surface area contributed by atoms with E-state index in [1.54, 1.807) is 7.11 Å². The third kappa shape index (κ3) is 4.07. The van der Waals surface area contributed by atoms with Crippen LogP contribution in [0.15, 0.2) is 42.6 Å². The molecule has 1 aromatic carbocycles. The normalized spacial score (nSPS) is 10.5. The van der Waals surface area contributed by atoms with Gasteiger partial charge in [0, 0.05) is 30.4 Å². The summed E-state index contributed by atoms with van der Waals surface area (Å²) in [5, 5.41) is 3.42. The van der Waals surface area contributed by atoms with E-state index >= 15 is 0 Å². The summed E-state index contributed by atoms with van der Waals surface area (Å²) in [6.45, 7) is 4.03. The number of aromatic nitrogens is 1. The maximum Gasteiger partial charge on any atom is 0.123 e. The lowest BCUT2D eigenvalue weighted by atomic mass is 10.0. The first kappa shape index (κ1) is 14.5. The van der Waals surface area contributed by atoms with Crippen LogP contribution in [0.1, 0.15) is 30.2 Å². The van der Waals surface area contributed by atoms with E-state index in [9.17, 15) is 0 Å². The van der Waals surface area contributed by atoms with E-state index in [2.05, 4.69) is 35.4 Å². The molecule has 0 radical (unpaired) electrons. The van der Waals surface area contributed by atoms with Crippen LogP contribution in [0, 0.1) is 0 Å². The van der Waals surface area contributed by atoms with Gasteiger partial charge >= 0.3 is 0 Å². The zero-order valence-corrected chi connectivity index (χ0v) is 12.2. The fourth-order valence-electron chi connectivity index (χ4n) is 2.19. The molecule has 20 heavy (non-hydrogen) atoms. The van der Waals surface area contributed by atoms with Crippen molar-refractivity contribution in [3.63, 3.8) is 0 Å². The van der Waals surface area contributed by atoms with Crippen LogP contribution in [-0.2, 0) is 13.0 Å². The summed E-state index contributed by atoms with van der Waals surface area (Å²) in [4.78, 5) is 4.37. The average molecular weight is 270 g/mol. The lowest BCUT2D eigenvalue weighted by Crippen LogP contribution is -2.14. The topological polar surface area (TPSA) is 34.2 Å². The number of benzene rings is 1. The summed E-state index contributed by atoms with van der Waals surface area (Å²) < 4.78 is 5.43. The molecule has 0 amide bonds. The smallest absolute Gasteiger partial charge is 0.123 e. The number of pyridine rings is 1. The fraction of sp³-hybridized carbons (Fsp3) is 0.353. The molecular weight excluding hydrogens is 248 g/mol. The molecule has 0 saturated heterocycles. The second kappa shape index (κ2) is 7.65. The predicted octanol–water partition coefficient (Wildman–Crippen LogP) is 3.18. The van der Waals surface area contributed by atoms with Crippen LogP contribution in [0.5, 0.6) is 5.75 Å². The van der Waals surface area contributed by atoms with Gasteiger partial charge in [0.2, 0.25) is 0 Å². The molecular formula is C17H22N2O. The molecule has 0 fully saturated rings. The van der Waals surface area contributed by atoms with Gasteiger partial charge in [0.15, 0.2) is 0 Å². The summed E-state index contributed by atoms with van der Waals surface area (Å²) in [6, 6.07) is 12.4. The van der Waals surface area contributed by atoms with Crippen molar-refractivity contribution in [1.82, 2.24) is 10.3 Å². The number of methoxy groups -OCH3 is 1. The first-order valence-electron chi connectivity index (χ1n) is 7.10. The number of hydrogen-bond acceptors (Lipinski definition) is 3. The van der Waals surface area contributed by atoms with E-state index in [0.29, 0.717) is 0 Å². The summed E-state index contributed by atoms with van der Waals surface area (Å²) >= 11 is 0. The van der Waals surface area contributed by atoms with Gasteiger partial charge in [-0.2, -0.15) is 0 Å². The van der Waals surface area contributed by atoms with E-state index in [1.165, 1.54) is 11.1 Å². The van der Waals surface area contributed by atoms with Gasteiger partial charge in [0.1, 0.15) is 5.75 Å². The summed E-state index contributed by atoms with van der Waals surface area (Å²) in [7, 11) is 1.72. The van der Waals surface area contributed by atoms with Crippen LogP contribution >= 0.6 is 0 Å². The van der Waals surface area contributed by atoms with Crippen LogP contribution in [0.3, 0.4) is 0 Å². The lowest BCUT2D eigenvalue weighted by Gasteiger charge is -2.11. The van der Waals surface area contributed by atoms with Gasteiger partial charge < -0.3 is 10.1 Å². The second-order valence-electron chi connectivity index (χ2n) is 4.82. The van der Waals surface area contributed by atoms with Crippen molar-refractivity contribution >= 4 is 0 Å². The highest BCUT2D eigenvalue weighted by Gasteiger charge is 2.05. The number of nitrogens with zero attached hydrogens (tertiary/aromatic N) is 1. The summed E-state index contributed by atoms with van der Waals surface area (Å²) in [5.41, 5.74) is 3.55. The fourth-order valence-corrected chi connectivity index (χ4v) is 2.19. The molecule has 2 aromatic rings. The zero-order chi connectivity index (χ0) is 14.2. The SMILES string of the molecule is CCCNCc1cc(Cc2ccccn2)ccc1OC. The van der Waals surface area contributed by atoms with E-state index in [4.69, 9.17) is 4.74 Å². The Kier molecular flexibility index (Phi) is 5.56. The van der Waals surface area contributed by atoms with Gasteiger partial charge in [-0.3, -0.25) is 4.98 Å². The van der Waals surface area contributed by atoms with Crippen LogP contribution < -0.4 is 10.1 Å². The molecule has 1 heterocycles. The number of nitrogens with one attached hydrogen (secondary N) is 1. The molecule has 0 bridgehead atoms. The Morgan fingerprint density at radius 1 is 1.20 bits per heavy atom. The summed E-state index contributed by atoms with van der Waals surface area (Å²) in [6.07, 6.45) is 3.82. The second-order valence-corrected chi connectivity index (χ2v) is 4.82. The van der Waals surface area contributed by atoms with Gasteiger partial charge in [0.05, 0.1) is 7.11 Å². The Hall–Kier alpha value is -1.87. The number of rotatable bonds is 7. The predicted molar refractivity (Wildman–Crippen MR) is 82.0 cm³/mol. The molecule has 0 aliphatic rings. The highest BCUT2D eigenvalue weighted by molar-refractivity contribution is 5.38. The van der Waals surface area contributed by atoms with Crippen LogP contribution in [0.2, 0.25) is 0 Å². The minimum atomic E-state index is 0.840. The Balaban J connectivity index is 2.12. The Bertz CT molecular complexity index is 526. The van der Waals surface area contributed by atoms with Crippen molar-refractivity contribution in [2.45, 2.75) is 26.3 Å². The van der Waals surface area contributed by atoms with Gasteiger partial charge in [-0.1, -0.05) is 25.1 Å². The van der Waals surface area contributed by atoms with Crippen LogP contribution in [0.4, 0.5) is 0 Å². The number of hydrogen-bond donors (Lipinski definition) is 1. The zero-order valence-electron chi connectivity index (χ0n) is 12.2. The monoisotopic (exact) mass is 270 g/mol. The van der Waals surface area contributed by atoms with Crippen molar-refractivity contribution < 1.29 is 4.74 Å². The molecule has 3 nitrogen and oxygen atoms in total. The molecule has 0 spiro atoms. The van der Waals surface area contributed by atoms with E-state index in [1.807, 2.05) is 24.4 Å². The maximum atomic E-state index is 5.43. The Morgan fingerprint density at radius 2 is 2.10 bits per heavy atom. The standard InChI is InChI=1S/C17H22N2O/c1-3-9-18-13-15-11-14(7-8-17(15)20-2)12-16-6-4-5-10-19-16/h4-8,10-11,18H,3,9,12-13H2,1-2H3. The Labute approximate surface area is 121 Å². The Morgan fingerprint density at radius 3 is 2.80 bits per heavy atom. The summed E-state index contributed by atoms with van der Waals surface area (Å²) in [5.74, 6) is 0.943. The van der Waals surface area contributed by atoms with Gasteiger partial charge in [-0.05, 0) is 36.7 Å². The molecule has 106 valence electrons. The quantitative estimate of drug-likeness (QED) is 0.785. The molecule has 2 rings (SSSR count). The molecule has 1 N–H and O–H groups in total. The minimum absolute atomic E-state index is 0.840. The molecule has 0 atom stereocenters. The van der Waals surface area contributed by atoms with Gasteiger partial charge in [-0.15, -0.1) is 0 Å². The van der Waals surface area contributed by atoms with Crippen molar-refractivity contribution in [2.24, 2.45) is 0 Å². The number of ether oxygens (including phenoxy) is 1.